The number of carbonyl (C=O) groups is 1. The highest BCUT2D eigenvalue weighted by Crippen LogP contribution is 2.22. The molecule has 134 valence electrons. The highest BCUT2D eigenvalue weighted by Gasteiger charge is 2.12. The molecule has 0 atom stereocenters. The molecule has 5 nitrogen and oxygen atoms in total. The lowest BCUT2D eigenvalue weighted by molar-refractivity contribution is -0.118. The molecule has 1 N–H and O–H groups in total. The molecule has 3 aromatic rings. The third kappa shape index (κ3) is 4.65. The zero-order valence-electron chi connectivity index (χ0n) is 14.4. The average Bonchev–Trinajstić information content (AvgIpc) is 3.13. The van der Waals surface area contributed by atoms with Gasteiger partial charge < -0.3 is 5.32 Å². The minimum atomic E-state index is -0.0618. The highest BCUT2D eigenvalue weighted by atomic mass is 35.5. The van der Waals surface area contributed by atoms with Gasteiger partial charge >= 0.3 is 0 Å². The number of thioether (sulfide) groups is 1. The number of nitrogens with zero attached hydrogens (tertiary/aromatic N) is 3. The van der Waals surface area contributed by atoms with E-state index in [-0.39, 0.29) is 11.7 Å². The molecule has 2 aromatic carbocycles. The molecule has 0 unspecified atom stereocenters. The van der Waals surface area contributed by atoms with Crippen LogP contribution in [0, 0.1) is 0 Å². The van der Waals surface area contributed by atoms with Gasteiger partial charge in [0.15, 0.2) is 5.16 Å². The fraction of sp³-hybridized carbons (Fsp3) is 0.211. The number of hydrogen-bond donors (Lipinski definition) is 1. The number of halogens is 1. The zero-order valence-corrected chi connectivity index (χ0v) is 15.9. The maximum absolute atomic E-state index is 12.1. The highest BCUT2D eigenvalue weighted by molar-refractivity contribution is 7.99. The van der Waals surface area contributed by atoms with Gasteiger partial charge in [-0.05, 0) is 35.7 Å². The van der Waals surface area contributed by atoms with Gasteiger partial charge in [-0.2, -0.15) is 0 Å². The number of aromatic nitrogens is 3. The van der Waals surface area contributed by atoms with Gasteiger partial charge in [-0.25, -0.2) is 0 Å². The lowest BCUT2D eigenvalue weighted by Crippen LogP contribution is -2.24. The Morgan fingerprint density at radius 2 is 2.08 bits per heavy atom. The Morgan fingerprint density at radius 3 is 2.88 bits per heavy atom. The van der Waals surface area contributed by atoms with E-state index in [0.29, 0.717) is 16.7 Å². The molecule has 7 heteroatoms. The van der Waals surface area contributed by atoms with Crippen molar-refractivity contribution in [2.75, 3.05) is 5.75 Å². The first-order chi connectivity index (χ1) is 12.7. The van der Waals surface area contributed by atoms with Gasteiger partial charge in [0.05, 0.1) is 11.4 Å². The van der Waals surface area contributed by atoms with Crippen molar-refractivity contribution in [2.24, 2.45) is 0 Å². The smallest absolute Gasteiger partial charge is 0.230 e. The Bertz CT molecular complexity index is 897. The van der Waals surface area contributed by atoms with Crippen LogP contribution in [0.4, 0.5) is 0 Å². The molecule has 0 fully saturated rings. The van der Waals surface area contributed by atoms with Gasteiger partial charge in [0.1, 0.15) is 6.33 Å². The Hall–Kier alpha value is -2.31. The van der Waals surface area contributed by atoms with E-state index in [2.05, 4.69) is 28.5 Å². The van der Waals surface area contributed by atoms with Crippen molar-refractivity contribution >= 4 is 29.3 Å². The van der Waals surface area contributed by atoms with Crippen LogP contribution in [0.1, 0.15) is 18.1 Å². The summed E-state index contributed by atoms with van der Waals surface area (Å²) < 4.78 is 1.92. The minimum absolute atomic E-state index is 0.0618. The number of hydrogen-bond acceptors (Lipinski definition) is 4. The van der Waals surface area contributed by atoms with Crippen LogP contribution in [0.2, 0.25) is 5.02 Å². The third-order valence-corrected chi connectivity index (χ3v) is 5.04. The summed E-state index contributed by atoms with van der Waals surface area (Å²) in [6.45, 7) is 2.56. The van der Waals surface area contributed by atoms with E-state index >= 15 is 0 Å². The van der Waals surface area contributed by atoms with E-state index in [0.717, 1.165) is 17.7 Å². The molecule has 0 aliphatic carbocycles. The standard InChI is InChI=1S/C19H19ClN4OS/c1-2-15-7-3-4-9-17(15)24-13-22-23-19(24)26-12-18(25)21-11-14-6-5-8-16(20)10-14/h3-10,13H,2,11-12H2,1H3,(H,21,25). The van der Waals surface area contributed by atoms with Crippen molar-refractivity contribution < 1.29 is 4.79 Å². The Balaban J connectivity index is 1.60. The molecule has 0 aliphatic heterocycles. The molecule has 0 saturated carbocycles. The number of aryl methyl sites for hydroxylation is 1. The van der Waals surface area contributed by atoms with E-state index < -0.39 is 0 Å². The van der Waals surface area contributed by atoms with Crippen LogP contribution in [0.15, 0.2) is 60.0 Å². The average molecular weight is 387 g/mol. The van der Waals surface area contributed by atoms with Gasteiger partial charge in [-0.3, -0.25) is 9.36 Å². The number of para-hydroxylation sites is 1. The molecule has 0 bridgehead atoms. The lowest BCUT2D eigenvalue weighted by Gasteiger charge is -2.10. The molecule has 3 rings (SSSR count). The Kier molecular flexibility index (Phi) is 6.30. The Labute approximate surface area is 161 Å². The van der Waals surface area contributed by atoms with Crippen molar-refractivity contribution in [3.05, 3.63) is 71.0 Å². The zero-order chi connectivity index (χ0) is 18.4. The van der Waals surface area contributed by atoms with Crippen LogP contribution < -0.4 is 5.32 Å². The maximum atomic E-state index is 12.1. The third-order valence-electron chi connectivity index (χ3n) is 3.86. The van der Waals surface area contributed by atoms with Gasteiger partial charge in [-0.1, -0.05) is 60.6 Å². The first-order valence-electron chi connectivity index (χ1n) is 8.29. The molecular weight excluding hydrogens is 368 g/mol. The first kappa shape index (κ1) is 18.5. The molecule has 0 aliphatic rings. The van der Waals surface area contributed by atoms with E-state index in [1.807, 2.05) is 47.0 Å². The van der Waals surface area contributed by atoms with Gasteiger partial charge in [0, 0.05) is 11.6 Å². The molecule has 0 spiro atoms. The molecule has 1 heterocycles. The topological polar surface area (TPSA) is 59.8 Å². The van der Waals surface area contributed by atoms with Crippen LogP contribution in [-0.4, -0.2) is 26.4 Å². The molecule has 1 aromatic heterocycles. The maximum Gasteiger partial charge on any atom is 0.230 e. The molecule has 1 amide bonds. The summed E-state index contributed by atoms with van der Waals surface area (Å²) in [5.74, 6) is 0.210. The van der Waals surface area contributed by atoms with Crippen LogP contribution in [0.5, 0.6) is 0 Å². The quantitative estimate of drug-likeness (QED) is 0.626. The molecule has 26 heavy (non-hydrogen) atoms. The van der Waals surface area contributed by atoms with Crippen molar-refractivity contribution in [3.63, 3.8) is 0 Å². The second-order valence-corrected chi connectivity index (χ2v) is 7.04. The number of rotatable bonds is 7. The van der Waals surface area contributed by atoms with Crippen LogP contribution >= 0.6 is 23.4 Å². The molecule has 0 radical (unpaired) electrons. The monoisotopic (exact) mass is 386 g/mol. The molecule has 0 saturated heterocycles. The minimum Gasteiger partial charge on any atom is -0.351 e. The Morgan fingerprint density at radius 1 is 1.23 bits per heavy atom. The molecular formula is C19H19ClN4OS. The van der Waals surface area contributed by atoms with Gasteiger partial charge in [0.2, 0.25) is 5.91 Å². The van der Waals surface area contributed by atoms with Crippen LogP contribution in [0.25, 0.3) is 5.69 Å². The fourth-order valence-corrected chi connectivity index (χ4v) is 3.53. The predicted molar refractivity (Wildman–Crippen MR) is 105 cm³/mol. The first-order valence-corrected chi connectivity index (χ1v) is 9.66. The second-order valence-electron chi connectivity index (χ2n) is 5.66. The predicted octanol–water partition coefficient (Wildman–Crippen LogP) is 3.89. The van der Waals surface area contributed by atoms with Gasteiger partial charge in [-0.15, -0.1) is 10.2 Å². The van der Waals surface area contributed by atoms with Crippen molar-refractivity contribution in [1.82, 2.24) is 20.1 Å². The van der Waals surface area contributed by atoms with Crippen molar-refractivity contribution in [3.8, 4) is 5.69 Å². The SMILES string of the molecule is CCc1ccccc1-n1cnnc1SCC(=O)NCc1cccc(Cl)c1. The summed E-state index contributed by atoms with van der Waals surface area (Å²) in [7, 11) is 0. The number of amides is 1. The van der Waals surface area contributed by atoms with Crippen LogP contribution in [-0.2, 0) is 17.8 Å². The summed E-state index contributed by atoms with van der Waals surface area (Å²) >= 11 is 7.32. The summed E-state index contributed by atoms with van der Waals surface area (Å²) in [4.78, 5) is 12.1. The van der Waals surface area contributed by atoms with Crippen LogP contribution in [0.3, 0.4) is 0 Å². The fourth-order valence-electron chi connectivity index (χ4n) is 2.56. The number of nitrogens with one attached hydrogen (secondary N) is 1. The van der Waals surface area contributed by atoms with Gasteiger partial charge in [0.25, 0.3) is 0 Å². The number of carbonyl (C=O) groups excluding carboxylic acids is 1. The second kappa shape index (κ2) is 8.87. The summed E-state index contributed by atoms with van der Waals surface area (Å²) in [5, 5.41) is 12.4. The van der Waals surface area contributed by atoms with E-state index in [4.69, 9.17) is 11.6 Å². The van der Waals surface area contributed by atoms with Crippen molar-refractivity contribution in [1.29, 1.82) is 0 Å². The van der Waals surface area contributed by atoms with E-state index in [1.165, 1.54) is 17.3 Å². The summed E-state index contributed by atoms with van der Waals surface area (Å²) in [6, 6.07) is 15.6. The summed E-state index contributed by atoms with van der Waals surface area (Å²) in [5.41, 5.74) is 3.22. The normalized spacial score (nSPS) is 10.7. The largest absolute Gasteiger partial charge is 0.351 e. The van der Waals surface area contributed by atoms with E-state index in [9.17, 15) is 4.79 Å². The lowest BCUT2D eigenvalue weighted by atomic mass is 10.1. The number of benzene rings is 2. The summed E-state index contributed by atoms with van der Waals surface area (Å²) in [6.07, 6.45) is 2.60. The van der Waals surface area contributed by atoms with Crippen molar-refractivity contribution in [2.45, 2.75) is 25.0 Å². The van der Waals surface area contributed by atoms with E-state index in [1.54, 1.807) is 6.33 Å².